The maximum absolute atomic E-state index is 12.7. The normalized spacial score (nSPS) is 15.8. The highest BCUT2D eigenvalue weighted by Crippen LogP contribution is 2.23. The number of fused-ring (bicyclic) bond motifs is 1. The predicted octanol–water partition coefficient (Wildman–Crippen LogP) is 2.26. The number of hydrogen-bond acceptors (Lipinski definition) is 4. The second-order valence-electron chi connectivity index (χ2n) is 5.47. The molecular formula is C17H18N2O3. The molecule has 2 aromatic rings. The average Bonchev–Trinajstić information content (AvgIpc) is 2.60. The number of piperidine rings is 1. The van der Waals surface area contributed by atoms with Gasteiger partial charge >= 0.3 is 5.97 Å². The van der Waals surface area contributed by atoms with Gasteiger partial charge in [0.1, 0.15) is 0 Å². The summed E-state index contributed by atoms with van der Waals surface area (Å²) in [5.41, 5.74) is 1.49. The molecule has 22 heavy (non-hydrogen) atoms. The van der Waals surface area contributed by atoms with Crippen molar-refractivity contribution < 1.29 is 14.3 Å². The largest absolute Gasteiger partial charge is 0.469 e. The monoisotopic (exact) mass is 298 g/mol. The molecule has 114 valence electrons. The maximum Gasteiger partial charge on any atom is 0.308 e. The molecule has 2 heterocycles. The Morgan fingerprint density at radius 1 is 1.18 bits per heavy atom. The third-order valence-corrected chi connectivity index (χ3v) is 4.20. The van der Waals surface area contributed by atoms with E-state index in [1.54, 1.807) is 17.2 Å². The molecule has 1 aromatic heterocycles. The predicted molar refractivity (Wildman–Crippen MR) is 82.4 cm³/mol. The summed E-state index contributed by atoms with van der Waals surface area (Å²) in [7, 11) is 1.41. The molecule has 0 spiro atoms. The van der Waals surface area contributed by atoms with Crippen LogP contribution in [-0.4, -0.2) is 42.0 Å². The van der Waals surface area contributed by atoms with Gasteiger partial charge in [-0.05, 0) is 25.0 Å². The van der Waals surface area contributed by atoms with Crippen LogP contribution in [0.5, 0.6) is 0 Å². The Morgan fingerprint density at radius 3 is 2.64 bits per heavy atom. The summed E-state index contributed by atoms with van der Waals surface area (Å²) in [5.74, 6) is -0.272. The van der Waals surface area contributed by atoms with Crippen molar-refractivity contribution in [2.24, 2.45) is 5.92 Å². The van der Waals surface area contributed by atoms with E-state index in [1.165, 1.54) is 7.11 Å². The summed E-state index contributed by atoms with van der Waals surface area (Å²) in [6.07, 6.45) is 2.97. The molecule has 3 rings (SSSR count). The Morgan fingerprint density at radius 2 is 1.91 bits per heavy atom. The van der Waals surface area contributed by atoms with Crippen LogP contribution in [0.1, 0.15) is 23.2 Å². The molecule has 0 bridgehead atoms. The van der Waals surface area contributed by atoms with Crippen LogP contribution in [0, 0.1) is 5.92 Å². The molecular weight excluding hydrogens is 280 g/mol. The SMILES string of the molecule is COC(=O)C1CCN(C(=O)c2ccnc3ccccc23)CC1. The van der Waals surface area contributed by atoms with Crippen LogP contribution in [0.4, 0.5) is 0 Å². The number of ether oxygens (including phenoxy) is 1. The second kappa shape index (κ2) is 6.13. The van der Waals surface area contributed by atoms with Crippen molar-refractivity contribution in [3.05, 3.63) is 42.1 Å². The molecule has 1 amide bonds. The summed E-state index contributed by atoms with van der Waals surface area (Å²) in [6.45, 7) is 1.16. The Kier molecular flexibility index (Phi) is 4.04. The lowest BCUT2D eigenvalue weighted by Gasteiger charge is -2.31. The molecule has 0 N–H and O–H groups in total. The summed E-state index contributed by atoms with van der Waals surface area (Å²) >= 11 is 0. The zero-order chi connectivity index (χ0) is 15.5. The summed E-state index contributed by atoms with van der Waals surface area (Å²) in [4.78, 5) is 30.4. The topological polar surface area (TPSA) is 59.5 Å². The number of aromatic nitrogens is 1. The van der Waals surface area contributed by atoms with Crippen LogP contribution in [0.3, 0.4) is 0 Å². The number of pyridine rings is 1. The zero-order valence-electron chi connectivity index (χ0n) is 12.5. The van der Waals surface area contributed by atoms with Crippen LogP contribution in [0.15, 0.2) is 36.5 Å². The van der Waals surface area contributed by atoms with Crippen LogP contribution >= 0.6 is 0 Å². The first kappa shape index (κ1) is 14.5. The van der Waals surface area contributed by atoms with Crippen molar-refractivity contribution in [2.45, 2.75) is 12.8 Å². The summed E-state index contributed by atoms with van der Waals surface area (Å²) < 4.78 is 4.78. The van der Waals surface area contributed by atoms with Gasteiger partial charge in [0.2, 0.25) is 0 Å². The van der Waals surface area contributed by atoms with Crippen molar-refractivity contribution in [1.82, 2.24) is 9.88 Å². The number of likely N-dealkylation sites (tertiary alicyclic amines) is 1. The molecule has 1 aliphatic heterocycles. The Labute approximate surface area is 128 Å². The molecule has 0 atom stereocenters. The fraction of sp³-hybridized carbons (Fsp3) is 0.353. The van der Waals surface area contributed by atoms with E-state index in [1.807, 2.05) is 24.3 Å². The fourth-order valence-electron chi connectivity index (χ4n) is 2.94. The van der Waals surface area contributed by atoms with Gasteiger partial charge in [-0.25, -0.2) is 0 Å². The van der Waals surface area contributed by atoms with Gasteiger partial charge in [0.05, 0.1) is 24.1 Å². The molecule has 1 aliphatic rings. The number of carbonyl (C=O) groups excluding carboxylic acids is 2. The standard InChI is InChI=1S/C17H18N2O3/c1-22-17(21)12-7-10-19(11-8-12)16(20)14-6-9-18-15-5-3-2-4-13(14)15/h2-6,9,12H,7-8,10-11H2,1H3. The minimum absolute atomic E-state index is 0.00177. The number of rotatable bonds is 2. The smallest absolute Gasteiger partial charge is 0.308 e. The van der Waals surface area contributed by atoms with Crippen molar-refractivity contribution in [3.8, 4) is 0 Å². The van der Waals surface area contributed by atoms with Gasteiger partial charge in [0.15, 0.2) is 0 Å². The average molecular weight is 298 g/mol. The van der Waals surface area contributed by atoms with E-state index in [0.717, 1.165) is 10.9 Å². The van der Waals surface area contributed by atoms with E-state index in [9.17, 15) is 9.59 Å². The number of esters is 1. The molecule has 5 nitrogen and oxygen atoms in total. The first-order valence-electron chi connectivity index (χ1n) is 7.41. The van der Waals surface area contributed by atoms with E-state index in [2.05, 4.69) is 4.98 Å². The third kappa shape index (κ3) is 2.66. The van der Waals surface area contributed by atoms with Gasteiger partial charge in [-0.15, -0.1) is 0 Å². The Bertz CT molecular complexity index is 701. The minimum Gasteiger partial charge on any atom is -0.469 e. The van der Waals surface area contributed by atoms with E-state index in [-0.39, 0.29) is 17.8 Å². The lowest BCUT2D eigenvalue weighted by atomic mass is 9.96. The van der Waals surface area contributed by atoms with Gasteiger partial charge in [-0.2, -0.15) is 0 Å². The maximum atomic E-state index is 12.7. The minimum atomic E-state index is -0.179. The molecule has 0 radical (unpaired) electrons. The van der Waals surface area contributed by atoms with Crippen molar-refractivity contribution in [2.75, 3.05) is 20.2 Å². The van der Waals surface area contributed by atoms with Crippen molar-refractivity contribution in [1.29, 1.82) is 0 Å². The van der Waals surface area contributed by atoms with Crippen LogP contribution < -0.4 is 0 Å². The number of nitrogens with zero attached hydrogens (tertiary/aromatic N) is 2. The molecule has 0 unspecified atom stereocenters. The first-order valence-corrected chi connectivity index (χ1v) is 7.41. The van der Waals surface area contributed by atoms with Crippen LogP contribution in [0.2, 0.25) is 0 Å². The van der Waals surface area contributed by atoms with Crippen LogP contribution in [-0.2, 0) is 9.53 Å². The van der Waals surface area contributed by atoms with Gasteiger partial charge in [0.25, 0.3) is 5.91 Å². The Balaban J connectivity index is 1.78. The lowest BCUT2D eigenvalue weighted by Crippen LogP contribution is -2.40. The molecule has 1 saturated heterocycles. The Hall–Kier alpha value is -2.43. The summed E-state index contributed by atoms with van der Waals surface area (Å²) in [5, 5.41) is 0.866. The number of amides is 1. The highest BCUT2D eigenvalue weighted by atomic mass is 16.5. The fourth-order valence-corrected chi connectivity index (χ4v) is 2.94. The van der Waals surface area contributed by atoms with Gasteiger partial charge in [-0.1, -0.05) is 18.2 Å². The molecule has 0 aliphatic carbocycles. The molecule has 5 heteroatoms. The van der Waals surface area contributed by atoms with Gasteiger partial charge in [-0.3, -0.25) is 14.6 Å². The zero-order valence-corrected chi connectivity index (χ0v) is 12.5. The quantitative estimate of drug-likeness (QED) is 0.798. The van der Waals surface area contributed by atoms with Crippen molar-refractivity contribution >= 4 is 22.8 Å². The lowest BCUT2D eigenvalue weighted by molar-refractivity contribution is -0.146. The van der Waals surface area contributed by atoms with Gasteiger partial charge in [0, 0.05) is 24.7 Å². The van der Waals surface area contributed by atoms with E-state index < -0.39 is 0 Å². The number of carbonyl (C=O) groups is 2. The van der Waals surface area contributed by atoms with Crippen molar-refractivity contribution in [3.63, 3.8) is 0 Å². The number of methoxy groups -OCH3 is 1. The third-order valence-electron chi connectivity index (χ3n) is 4.20. The highest BCUT2D eigenvalue weighted by molar-refractivity contribution is 6.06. The van der Waals surface area contributed by atoms with E-state index >= 15 is 0 Å². The summed E-state index contributed by atoms with van der Waals surface area (Å²) in [6, 6.07) is 9.39. The number of hydrogen-bond donors (Lipinski definition) is 0. The van der Waals surface area contributed by atoms with Gasteiger partial charge < -0.3 is 9.64 Å². The second-order valence-corrected chi connectivity index (χ2v) is 5.47. The first-order chi connectivity index (χ1) is 10.7. The van der Waals surface area contributed by atoms with Crippen LogP contribution in [0.25, 0.3) is 10.9 Å². The van der Waals surface area contributed by atoms with E-state index in [4.69, 9.17) is 4.74 Å². The highest BCUT2D eigenvalue weighted by Gasteiger charge is 2.28. The molecule has 1 aromatic carbocycles. The molecule has 0 saturated carbocycles. The molecule has 1 fully saturated rings. The number of benzene rings is 1. The van der Waals surface area contributed by atoms with E-state index in [0.29, 0.717) is 31.5 Å². The number of para-hydroxylation sites is 1.